The van der Waals surface area contributed by atoms with Crippen LogP contribution in [0.1, 0.15) is 28.0 Å². The maximum atomic E-state index is 10.5. The molecule has 0 aliphatic carbocycles. The summed E-state index contributed by atoms with van der Waals surface area (Å²) in [7, 11) is 0. The van der Waals surface area contributed by atoms with E-state index in [0.29, 0.717) is 12.3 Å². The van der Waals surface area contributed by atoms with Crippen molar-refractivity contribution in [3.8, 4) is 5.75 Å². The molecule has 0 aliphatic rings. The fourth-order valence-electron chi connectivity index (χ4n) is 1.41. The SMILES string of the molecule is CCc1ccc(OCc2nc(C=O)cs2)cc1. The average molecular weight is 247 g/mol. The maximum Gasteiger partial charge on any atom is 0.169 e. The molecule has 0 aliphatic heterocycles. The first-order valence-electron chi connectivity index (χ1n) is 5.43. The molecule has 4 heteroatoms. The van der Waals surface area contributed by atoms with Crippen LogP contribution in [0.25, 0.3) is 0 Å². The van der Waals surface area contributed by atoms with Crippen molar-refractivity contribution < 1.29 is 9.53 Å². The number of aryl methyl sites for hydroxylation is 1. The van der Waals surface area contributed by atoms with Gasteiger partial charge in [-0.15, -0.1) is 11.3 Å². The van der Waals surface area contributed by atoms with Gasteiger partial charge in [-0.25, -0.2) is 4.98 Å². The van der Waals surface area contributed by atoms with E-state index >= 15 is 0 Å². The van der Waals surface area contributed by atoms with Crippen LogP contribution in [0.4, 0.5) is 0 Å². The Morgan fingerprint density at radius 3 is 2.71 bits per heavy atom. The smallest absolute Gasteiger partial charge is 0.169 e. The summed E-state index contributed by atoms with van der Waals surface area (Å²) in [4.78, 5) is 14.6. The highest BCUT2D eigenvalue weighted by atomic mass is 32.1. The number of aldehydes is 1. The summed E-state index contributed by atoms with van der Waals surface area (Å²) in [6.45, 7) is 2.52. The summed E-state index contributed by atoms with van der Waals surface area (Å²) in [6.07, 6.45) is 1.77. The molecule has 88 valence electrons. The minimum Gasteiger partial charge on any atom is -0.486 e. The van der Waals surface area contributed by atoms with E-state index in [2.05, 4.69) is 11.9 Å². The maximum absolute atomic E-state index is 10.5. The quantitative estimate of drug-likeness (QED) is 0.762. The van der Waals surface area contributed by atoms with Gasteiger partial charge in [0, 0.05) is 5.38 Å². The van der Waals surface area contributed by atoms with Gasteiger partial charge in [0.05, 0.1) is 0 Å². The predicted molar refractivity (Wildman–Crippen MR) is 67.7 cm³/mol. The van der Waals surface area contributed by atoms with Gasteiger partial charge in [0.25, 0.3) is 0 Å². The molecule has 0 N–H and O–H groups in total. The highest BCUT2D eigenvalue weighted by Crippen LogP contribution is 2.16. The van der Waals surface area contributed by atoms with Crippen LogP contribution in [0.5, 0.6) is 5.75 Å². The molecule has 2 rings (SSSR count). The van der Waals surface area contributed by atoms with E-state index in [9.17, 15) is 4.79 Å². The first-order valence-corrected chi connectivity index (χ1v) is 6.31. The Labute approximate surface area is 104 Å². The van der Waals surface area contributed by atoms with Crippen LogP contribution in [0, 0.1) is 0 Å². The van der Waals surface area contributed by atoms with Crippen molar-refractivity contribution >= 4 is 17.6 Å². The van der Waals surface area contributed by atoms with Crippen molar-refractivity contribution in [1.29, 1.82) is 0 Å². The highest BCUT2D eigenvalue weighted by molar-refractivity contribution is 7.09. The molecule has 0 fully saturated rings. The van der Waals surface area contributed by atoms with Crippen LogP contribution in [0.3, 0.4) is 0 Å². The monoisotopic (exact) mass is 247 g/mol. The van der Waals surface area contributed by atoms with E-state index in [1.807, 2.05) is 24.3 Å². The Hall–Kier alpha value is -1.68. The number of thiazole rings is 1. The summed E-state index contributed by atoms with van der Waals surface area (Å²) in [5.74, 6) is 0.824. The molecule has 0 radical (unpaired) electrons. The van der Waals surface area contributed by atoms with Gasteiger partial charge in [0.1, 0.15) is 23.1 Å². The minimum absolute atomic E-state index is 0.407. The van der Waals surface area contributed by atoms with Crippen molar-refractivity contribution in [3.63, 3.8) is 0 Å². The zero-order chi connectivity index (χ0) is 12.1. The van der Waals surface area contributed by atoms with Crippen molar-refractivity contribution in [1.82, 2.24) is 4.98 Å². The lowest BCUT2D eigenvalue weighted by molar-refractivity contribution is 0.111. The van der Waals surface area contributed by atoms with E-state index in [-0.39, 0.29) is 0 Å². The van der Waals surface area contributed by atoms with Crippen molar-refractivity contribution in [2.24, 2.45) is 0 Å². The third-order valence-electron chi connectivity index (χ3n) is 2.38. The molecule has 0 bridgehead atoms. The second-order valence-corrected chi connectivity index (χ2v) is 4.51. The molecule has 0 saturated carbocycles. The molecular weight excluding hydrogens is 234 g/mol. The Morgan fingerprint density at radius 1 is 1.35 bits per heavy atom. The van der Waals surface area contributed by atoms with E-state index in [4.69, 9.17) is 4.74 Å². The van der Waals surface area contributed by atoms with Crippen LogP contribution in [0.15, 0.2) is 29.6 Å². The van der Waals surface area contributed by atoms with E-state index in [1.54, 1.807) is 5.38 Å². The van der Waals surface area contributed by atoms with Crippen molar-refractivity contribution in [2.75, 3.05) is 0 Å². The van der Waals surface area contributed by atoms with Gasteiger partial charge in [0.2, 0.25) is 0 Å². The number of carbonyl (C=O) groups excluding carboxylic acids is 1. The molecule has 0 unspecified atom stereocenters. The minimum atomic E-state index is 0.407. The van der Waals surface area contributed by atoms with E-state index in [0.717, 1.165) is 23.5 Å². The molecule has 1 aromatic carbocycles. The van der Waals surface area contributed by atoms with Gasteiger partial charge in [0.15, 0.2) is 6.29 Å². The summed E-state index contributed by atoms with van der Waals surface area (Å²) < 4.78 is 5.58. The molecule has 17 heavy (non-hydrogen) atoms. The molecule has 1 heterocycles. The molecule has 1 aromatic heterocycles. The zero-order valence-electron chi connectivity index (χ0n) is 9.55. The fourth-order valence-corrected chi connectivity index (χ4v) is 2.06. The summed E-state index contributed by atoms with van der Waals surface area (Å²) in [5, 5.41) is 2.54. The Kier molecular flexibility index (Phi) is 3.88. The van der Waals surface area contributed by atoms with Crippen LogP contribution in [0.2, 0.25) is 0 Å². The first-order chi connectivity index (χ1) is 8.31. The van der Waals surface area contributed by atoms with Crippen LogP contribution < -0.4 is 4.74 Å². The Morgan fingerprint density at radius 2 is 2.12 bits per heavy atom. The summed E-state index contributed by atoms with van der Waals surface area (Å²) in [6, 6.07) is 8.00. The van der Waals surface area contributed by atoms with Crippen LogP contribution >= 0.6 is 11.3 Å². The zero-order valence-corrected chi connectivity index (χ0v) is 10.4. The van der Waals surface area contributed by atoms with Crippen LogP contribution in [-0.4, -0.2) is 11.3 Å². The van der Waals surface area contributed by atoms with Gasteiger partial charge in [-0.2, -0.15) is 0 Å². The molecular formula is C13H13NO2S. The lowest BCUT2D eigenvalue weighted by Gasteiger charge is -2.04. The van der Waals surface area contributed by atoms with Crippen molar-refractivity contribution in [2.45, 2.75) is 20.0 Å². The van der Waals surface area contributed by atoms with E-state index < -0.39 is 0 Å². The number of carbonyl (C=O) groups is 1. The number of aromatic nitrogens is 1. The predicted octanol–water partition coefficient (Wildman–Crippen LogP) is 3.10. The van der Waals surface area contributed by atoms with Gasteiger partial charge >= 0.3 is 0 Å². The third kappa shape index (κ3) is 3.14. The van der Waals surface area contributed by atoms with Crippen LogP contribution in [-0.2, 0) is 13.0 Å². The standard InChI is InChI=1S/C13H13NO2S/c1-2-10-3-5-12(6-4-10)16-8-13-14-11(7-15)9-17-13/h3-7,9H,2,8H2,1H3. The lowest BCUT2D eigenvalue weighted by Crippen LogP contribution is -1.95. The highest BCUT2D eigenvalue weighted by Gasteiger charge is 2.02. The number of hydrogen-bond acceptors (Lipinski definition) is 4. The topological polar surface area (TPSA) is 39.2 Å². The Bertz CT molecular complexity index is 490. The fraction of sp³-hybridized carbons (Fsp3) is 0.231. The van der Waals surface area contributed by atoms with Gasteiger partial charge in [-0.3, -0.25) is 4.79 Å². The average Bonchev–Trinajstić information content (AvgIpc) is 2.85. The van der Waals surface area contributed by atoms with Gasteiger partial charge < -0.3 is 4.74 Å². The number of rotatable bonds is 5. The summed E-state index contributed by atoms with van der Waals surface area (Å²) in [5.41, 5.74) is 1.75. The Balaban J connectivity index is 1.94. The number of ether oxygens (including phenoxy) is 1. The number of nitrogens with zero attached hydrogens (tertiary/aromatic N) is 1. The molecule has 0 saturated heterocycles. The largest absolute Gasteiger partial charge is 0.486 e. The molecule has 2 aromatic rings. The lowest BCUT2D eigenvalue weighted by atomic mass is 10.2. The molecule has 0 amide bonds. The second-order valence-electron chi connectivity index (χ2n) is 3.57. The van der Waals surface area contributed by atoms with Gasteiger partial charge in [-0.05, 0) is 24.1 Å². The third-order valence-corrected chi connectivity index (χ3v) is 3.22. The second kappa shape index (κ2) is 5.59. The molecule has 0 atom stereocenters. The number of hydrogen-bond donors (Lipinski definition) is 0. The first kappa shape index (κ1) is 11.8. The van der Waals surface area contributed by atoms with E-state index in [1.165, 1.54) is 16.9 Å². The summed E-state index contributed by atoms with van der Waals surface area (Å²) >= 11 is 1.43. The molecule has 0 spiro atoms. The van der Waals surface area contributed by atoms with Gasteiger partial charge in [-0.1, -0.05) is 19.1 Å². The normalized spacial score (nSPS) is 10.2. The van der Waals surface area contributed by atoms with Crippen molar-refractivity contribution in [3.05, 3.63) is 45.9 Å². The molecule has 3 nitrogen and oxygen atoms in total. The number of benzene rings is 1.